The van der Waals surface area contributed by atoms with Crippen LogP contribution in [0.5, 0.6) is 0 Å². The van der Waals surface area contributed by atoms with Gasteiger partial charge in [0.05, 0.1) is 0 Å². The first-order valence-corrected chi connectivity index (χ1v) is 5.34. The van der Waals surface area contributed by atoms with Gasteiger partial charge in [0.2, 0.25) is 0 Å². The zero-order valence-electron chi connectivity index (χ0n) is 6.97. The maximum atomic E-state index is 8.87. The highest BCUT2D eigenvalue weighted by atomic mass is 32.2. The summed E-state index contributed by atoms with van der Waals surface area (Å²) in [6.45, 7) is 2.54. The van der Waals surface area contributed by atoms with Crippen molar-refractivity contribution in [1.82, 2.24) is 0 Å². The highest BCUT2D eigenvalue weighted by Crippen LogP contribution is 2.12. The number of thioether (sulfide) groups is 1. The van der Waals surface area contributed by atoms with Crippen LogP contribution in [0.15, 0.2) is 0 Å². The molecule has 0 bridgehead atoms. The van der Waals surface area contributed by atoms with E-state index in [2.05, 4.69) is 13.2 Å². The highest BCUT2D eigenvalue weighted by Gasteiger charge is 2.03. The molecule has 0 heterocycles. The molecule has 0 fully saturated rings. The molecule has 0 aromatic rings. The molecule has 1 nitrogen and oxygen atoms in total. The largest absolute Gasteiger partial charge is 0.396 e. The van der Waals surface area contributed by atoms with Gasteiger partial charge in [-0.15, -0.1) is 0 Å². The molecule has 0 radical (unpaired) electrons. The van der Waals surface area contributed by atoms with Gasteiger partial charge in [0.15, 0.2) is 0 Å². The van der Waals surface area contributed by atoms with Crippen LogP contribution in [-0.2, 0) is 0 Å². The topological polar surface area (TPSA) is 20.2 Å². The van der Waals surface area contributed by atoms with Crippen molar-refractivity contribution in [3.05, 3.63) is 0 Å². The Hall–Kier alpha value is 0.310. The summed E-state index contributed by atoms with van der Waals surface area (Å²) < 4.78 is 0. The van der Waals surface area contributed by atoms with E-state index in [9.17, 15) is 0 Å². The molecule has 10 heavy (non-hydrogen) atoms. The number of rotatable bonds is 6. The monoisotopic (exact) mass is 162 g/mol. The van der Waals surface area contributed by atoms with Gasteiger partial charge in [-0.25, -0.2) is 0 Å². The van der Waals surface area contributed by atoms with Crippen LogP contribution in [-0.4, -0.2) is 23.7 Å². The third-order valence-corrected chi connectivity index (χ3v) is 2.33. The molecule has 0 aromatic carbocycles. The summed E-state index contributed by atoms with van der Waals surface area (Å²) in [7, 11) is 0. The molecule has 0 rings (SSSR count). The second-order valence-corrected chi connectivity index (χ2v) is 3.60. The Morgan fingerprint density at radius 1 is 1.40 bits per heavy atom. The molecule has 0 aliphatic rings. The second kappa shape index (κ2) is 7.42. The average molecular weight is 162 g/mol. The standard InChI is InChI=1S/C8H18OS/c1-3-4-8(7-9)5-6-10-2/h8-9H,3-7H2,1-2H3. The average Bonchev–Trinajstić information content (AvgIpc) is 1.98. The van der Waals surface area contributed by atoms with Crippen molar-refractivity contribution < 1.29 is 5.11 Å². The maximum Gasteiger partial charge on any atom is 0.0459 e. The van der Waals surface area contributed by atoms with Gasteiger partial charge < -0.3 is 5.11 Å². The molecule has 1 unspecified atom stereocenters. The predicted octanol–water partition coefficient (Wildman–Crippen LogP) is 2.15. The summed E-state index contributed by atoms with van der Waals surface area (Å²) in [5.74, 6) is 1.74. The van der Waals surface area contributed by atoms with E-state index in [1.165, 1.54) is 25.0 Å². The molecule has 0 aliphatic heterocycles. The summed E-state index contributed by atoms with van der Waals surface area (Å²) in [5.41, 5.74) is 0. The molecule has 0 aliphatic carbocycles. The summed E-state index contributed by atoms with van der Waals surface area (Å²) in [6, 6.07) is 0. The maximum absolute atomic E-state index is 8.87. The fourth-order valence-corrected chi connectivity index (χ4v) is 1.59. The van der Waals surface area contributed by atoms with Gasteiger partial charge in [0, 0.05) is 6.61 Å². The SMILES string of the molecule is CCCC(CO)CCSC. The van der Waals surface area contributed by atoms with Gasteiger partial charge in [-0.2, -0.15) is 11.8 Å². The molecule has 0 saturated heterocycles. The Kier molecular flexibility index (Phi) is 7.65. The molecular formula is C8H18OS. The van der Waals surface area contributed by atoms with Crippen molar-refractivity contribution in [2.75, 3.05) is 18.6 Å². The lowest BCUT2D eigenvalue weighted by Gasteiger charge is -2.10. The second-order valence-electron chi connectivity index (χ2n) is 2.62. The zero-order valence-corrected chi connectivity index (χ0v) is 7.78. The first-order chi connectivity index (χ1) is 4.85. The lowest BCUT2D eigenvalue weighted by molar-refractivity contribution is 0.215. The molecular weight excluding hydrogens is 144 g/mol. The van der Waals surface area contributed by atoms with Gasteiger partial charge in [-0.1, -0.05) is 13.3 Å². The Morgan fingerprint density at radius 3 is 2.50 bits per heavy atom. The number of hydrogen-bond acceptors (Lipinski definition) is 2. The van der Waals surface area contributed by atoms with Gasteiger partial charge in [0.25, 0.3) is 0 Å². The lowest BCUT2D eigenvalue weighted by atomic mass is 10.0. The minimum atomic E-state index is 0.369. The summed E-state index contributed by atoms with van der Waals surface area (Å²) in [5, 5.41) is 8.87. The lowest BCUT2D eigenvalue weighted by Crippen LogP contribution is -2.06. The van der Waals surface area contributed by atoms with E-state index < -0.39 is 0 Å². The van der Waals surface area contributed by atoms with E-state index in [1.807, 2.05) is 11.8 Å². The molecule has 0 spiro atoms. The smallest absolute Gasteiger partial charge is 0.0459 e. The minimum absolute atomic E-state index is 0.369. The first kappa shape index (κ1) is 10.3. The van der Waals surface area contributed by atoms with Crippen LogP contribution in [0.25, 0.3) is 0 Å². The van der Waals surface area contributed by atoms with Crippen molar-refractivity contribution >= 4 is 11.8 Å². The summed E-state index contributed by atoms with van der Waals surface area (Å²) in [4.78, 5) is 0. The van der Waals surface area contributed by atoms with Crippen molar-refractivity contribution in [2.45, 2.75) is 26.2 Å². The molecule has 62 valence electrons. The number of aliphatic hydroxyl groups excluding tert-OH is 1. The van der Waals surface area contributed by atoms with Crippen LogP contribution in [0, 0.1) is 5.92 Å². The molecule has 1 atom stereocenters. The Labute approximate surface area is 68.2 Å². The third-order valence-electron chi connectivity index (χ3n) is 1.69. The Balaban J connectivity index is 3.21. The van der Waals surface area contributed by atoms with Gasteiger partial charge in [-0.05, 0) is 30.8 Å². The van der Waals surface area contributed by atoms with Crippen molar-refractivity contribution in [3.8, 4) is 0 Å². The van der Waals surface area contributed by atoms with E-state index in [0.29, 0.717) is 12.5 Å². The fourth-order valence-electron chi connectivity index (χ4n) is 1.02. The van der Waals surface area contributed by atoms with E-state index in [4.69, 9.17) is 5.11 Å². The van der Waals surface area contributed by atoms with Crippen molar-refractivity contribution in [3.63, 3.8) is 0 Å². The summed E-state index contributed by atoms with van der Waals surface area (Å²) >= 11 is 1.86. The first-order valence-electron chi connectivity index (χ1n) is 3.95. The quantitative estimate of drug-likeness (QED) is 0.646. The Bertz CT molecular complexity index is 66.3. The zero-order chi connectivity index (χ0) is 7.82. The van der Waals surface area contributed by atoms with E-state index in [0.717, 1.165) is 0 Å². The number of hydrogen-bond donors (Lipinski definition) is 1. The highest BCUT2D eigenvalue weighted by molar-refractivity contribution is 7.98. The number of aliphatic hydroxyl groups is 1. The van der Waals surface area contributed by atoms with Gasteiger partial charge in [-0.3, -0.25) is 0 Å². The van der Waals surface area contributed by atoms with Gasteiger partial charge in [0.1, 0.15) is 0 Å². The van der Waals surface area contributed by atoms with Crippen LogP contribution < -0.4 is 0 Å². The van der Waals surface area contributed by atoms with Gasteiger partial charge >= 0.3 is 0 Å². The minimum Gasteiger partial charge on any atom is -0.396 e. The Morgan fingerprint density at radius 2 is 2.10 bits per heavy atom. The van der Waals surface area contributed by atoms with Crippen LogP contribution in [0.2, 0.25) is 0 Å². The van der Waals surface area contributed by atoms with E-state index in [-0.39, 0.29) is 0 Å². The fraction of sp³-hybridized carbons (Fsp3) is 1.00. The molecule has 0 saturated carbocycles. The summed E-state index contributed by atoms with van der Waals surface area (Å²) in [6.07, 6.45) is 5.66. The predicted molar refractivity (Wildman–Crippen MR) is 48.5 cm³/mol. The van der Waals surface area contributed by atoms with E-state index >= 15 is 0 Å². The normalized spacial score (nSPS) is 13.5. The molecule has 1 N–H and O–H groups in total. The van der Waals surface area contributed by atoms with Crippen LogP contribution >= 0.6 is 11.8 Å². The molecule has 0 amide bonds. The van der Waals surface area contributed by atoms with Crippen molar-refractivity contribution in [1.29, 1.82) is 0 Å². The molecule has 2 heteroatoms. The third kappa shape index (κ3) is 5.12. The molecule has 0 aromatic heterocycles. The van der Waals surface area contributed by atoms with Crippen LogP contribution in [0.4, 0.5) is 0 Å². The van der Waals surface area contributed by atoms with Crippen LogP contribution in [0.3, 0.4) is 0 Å². The van der Waals surface area contributed by atoms with Crippen LogP contribution in [0.1, 0.15) is 26.2 Å². The van der Waals surface area contributed by atoms with E-state index in [1.54, 1.807) is 0 Å². The van der Waals surface area contributed by atoms with Crippen molar-refractivity contribution in [2.24, 2.45) is 5.92 Å².